The third kappa shape index (κ3) is 4.36. The number of aryl methyl sites for hydroxylation is 1. The average molecular weight is 438 g/mol. The van der Waals surface area contributed by atoms with Crippen LogP contribution in [-0.2, 0) is 14.8 Å². The zero-order valence-electron chi connectivity index (χ0n) is 17.9. The van der Waals surface area contributed by atoms with Crippen LogP contribution in [0.1, 0.15) is 42.1 Å². The van der Waals surface area contributed by atoms with E-state index in [4.69, 9.17) is 4.74 Å². The van der Waals surface area contributed by atoms with E-state index in [1.165, 1.54) is 4.31 Å². The Hall–Kier alpha value is -2.70. The highest BCUT2D eigenvalue weighted by atomic mass is 32.2. The summed E-state index contributed by atoms with van der Waals surface area (Å²) in [6, 6.07) is 15.7. The maximum Gasteiger partial charge on any atom is 0.343 e. The first-order chi connectivity index (χ1) is 14.9. The molecular formula is C25H27NO4S. The molecule has 6 heteroatoms. The number of fused-ring (bicyclic) bond motifs is 1. The number of carbonyl (C=O) groups excluding carboxylic acids is 1. The zero-order chi connectivity index (χ0) is 22.0. The maximum atomic E-state index is 13.4. The van der Waals surface area contributed by atoms with Gasteiger partial charge in [0.1, 0.15) is 5.76 Å². The molecule has 162 valence electrons. The van der Waals surface area contributed by atoms with Crippen LogP contribution < -0.4 is 0 Å². The SMILES string of the molecule is CCC1=CCCC2CN(S(=O)(=O)c3ccc(C)cc3)CC(OC(=O)c3ccccc3)=C12. The van der Waals surface area contributed by atoms with Crippen molar-refractivity contribution in [2.75, 3.05) is 13.1 Å². The number of allylic oxidation sites excluding steroid dienone is 2. The van der Waals surface area contributed by atoms with Gasteiger partial charge in [-0.3, -0.25) is 0 Å². The molecule has 1 aliphatic heterocycles. The molecule has 1 unspecified atom stereocenters. The minimum Gasteiger partial charge on any atom is -0.426 e. The summed E-state index contributed by atoms with van der Waals surface area (Å²) >= 11 is 0. The lowest BCUT2D eigenvalue weighted by Crippen LogP contribution is -2.43. The van der Waals surface area contributed by atoms with Crippen molar-refractivity contribution in [2.45, 2.75) is 38.0 Å². The first kappa shape index (κ1) is 21.5. The van der Waals surface area contributed by atoms with Crippen molar-refractivity contribution in [3.63, 3.8) is 0 Å². The van der Waals surface area contributed by atoms with Gasteiger partial charge < -0.3 is 4.74 Å². The van der Waals surface area contributed by atoms with Gasteiger partial charge in [-0.15, -0.1) is 0 Å². The van der Waals surface area contributed by atoms with Crippen molar-refractivity contribution in [3.8, 4) is 0 Å². The number of nitrogens with zero attached hydrogens (tertiary/aromatic N) is 1. The van der Waals surface area contributed by atoms with E-state index in [1.54, 1.807) is 48.5 Å². The quantitative estimate of drug-likeness (QED) is 0.627. The zero-order valence-corrected chi connectivity index (χ0v) is 18.7. The predicted octanol–water partition coefficient (Wildman–Crippen LogP) is 4.86. The van der Waals surface area contributed by atoms with E-state index in [2.05, 4.69) is 13.0 Å². The summed E-state index contributed by atoms with van der Waals surface area (Å²) in [5.41, 5.74) is 3.61. The summed E-state index contributed by atoms with van der Waals surface area (Å²) < 4.78 is 34.1. The highest BCUT2D eigenvalue weighted by Crippen LogP contribution is 2.39. The van der Waals surface area contributed by atoms with Crippen LogP contribution in [0.3, 0.4) is 0 Å². The van der Waals surface area contributed by atoms with Crippen LogP contribution >= 0.6 is 0 Å². The molecular weight excluding hydrogens is 410 g/mol. The predicted molar refractivity (Wildman–Crippen MR) is 120 cm³/mol. The summed E-state index contributed by atoms with van der Waals surface area (Å²) in [6.07, 6.45) is 4.75. The second kappa shape index (κ2) is 8.81. The first-order valence-corrected chi connectivity index (χ1v) is 12.1. The van der Waals surface area contributed by atoms with E-state index in [0.29, 0.717) is 17.9 Å². The molecule has 0 saturated carbocycles. The first-order valence-electron chi connectivity index (χ1n) is 10.7. The lowest BCUT2D eigenvalue weighted by molar-refractivity contribution is 0.0588. The van der Waals surface area contributed by atoms with Crippen molar-refractivity contribution in [2.24, 2.45) is 5.92 Å². The van der Waals surface area contributed by atoms with E-state index in [9.17, 15) is 13.2 Å². The highest BCUT2D eigenvalue weighted by Gasteiger charge is 2.38. The summed E-state index contributed by atoms with van der Waals surface area (Å²) in [7, 11) is -3.70. The molecule has 1 aliphatic carbocycles. The largest absolute Gasteiger partial charge is 0.426 e. The van der Waals surface area contributed by atoms with Gasteiger partial charge >= 0.3 is 5.97 Å². The highest BCUT2D eigenvalue weighted by molar-refractivity contribution is 7.89. The second-order valence-electron chi connectivity index (χ2n) is 8.06. The van der Waals surface area contributed by atoms with Crippen LogP contribution in [0.2, 0.25) is 0 Å². The molecule has 0 aromatic heterocycles. The van der Waals surface area contributed by atoms with Crippen LogP contribution in [0.4, 0.5) is 0 Å². The molecule has 2 aliphatic rings. The van der Waals surface area contributed by atoms with Crippen molar-refractivity contribution in [1.82, 2.24) is 4.31 Å². The summed E-state index contributed by atoms with van der Waals surface area (Å²) in [5.74, 6) is 0.0125. The standard InChI is InChI=1S/C25H27NO4S/c1-3-19-10-7-11-21-16-26(31(28,29)22-14-12-18(2)13-15-22)17-23(24(19)21)30-25(27)20-8-5-4-6-9-20/h4-6,8-10,12-15,21H,3,7,11,16-17H2,1-2H3. The van der Waals surface area contributed by atoms with Gasteiger partial charge in [0.15, 0.2) is 0 Å². The minimum absolute atomic E-state index is 0.0208. The Bertz CT molecular complexity index is 1130. The molecule has 1 atom stereocenters. The Kier molecular flexibility index (Phi) is 6.12. The van der Waals surface area contributed by atoms with Crippen LogP contribution in [0.5, 0.6) is 0 Å². The van der Waals surface area contributed by atoms with Crippen molar-refractivity contribution in [3.05, 3.63) is 88.7 Å². The summed E-state index contributed by atoms with van der Waals surface area (Å²) in [6.45, 7) is 4.45. The third-order valence-electron chi connectivity index (χ3n) is 5.97. The van der Waals surface area contributed by atoms with Crippen LogP contribution in [0.25, 0.3) is 0 Å². The van der Waals surface area contributed by atoms with E-state index in [-0.39, 0.29) is 17.4 Å². The summed E-state index contributed by atoms with van der Waals surface area (Å²) in [5, 5.41) is 0. The van der Waals surface area contributed by atoms with Crippen LogP contribution in [0, 0.1) is 12.8 Å². The molecule has 4 rings (SSSR count). The van der Waals surface area contributed by atoms with Crippen molar-refractivity contribution >= 4 is 16.0 Å². The second-order valence-corrected chi connectivity index (χ2v) is 10.00. The molecule has 0 spiro atoms. The molecule has 5 nitrogen and oxygen atoms in total. The molecule has 0 amide bonds. The third-order valence-corrected chi connectivity index (χ3v) is 7.80. The molecule has 31 heavy (non-hydrogen) atoms. The molecule has 0 fully saturated rings. The number of esters is 1. The van der Waals surface area contributed by atoms with Crippen LogP contribution in [-0.4, -0.2) is 31.8 Å². The Balaban J connectivity index is 1.71. The number of benzene rings is 2. The number of carbonyl (C=O) groups is 1. The molecule has 0 bridgehead atoms. The smallest absolute Gasteiger partial charge is 0.343 e. The molecule has 0 radical (unpaired) electrons. The molecule has 1 heterocycles. The number of sulfonamides is 1. The van der Waals surface area contributed by atoms with Gasteiger partial charge in [0.2, 0.25) is 10.0 Å². The Morgan fingerprint density at radius 3 is 2.48 bits per heavy atom. The normalized spacial score (nSPS) is 19.5. The van der Waals surface area contributed by atoms with E-state index < -0.39 is 16.0 Å². The lowest BCUT2D eigenvalue weighted by Gasteiger charge is -2.37. The van der Waals surface area contributed by atoms with E-state index in [0.717, 1.165) is 36.0 Å². The van der Waals surface area contributed by atoms with Gasteiger partial charge in [0.05, 0.1) is 17.0 Å². The molecule has 0 N–H and O–H groups in total. The summed E-state index contributed by atoms with van der Waals surface area (Å²) in [4.78, 5) is 13.1. The Morgan fingerprint density at radius 2 is 1.81 bits per heavy atom. The van der Waals surface area contributed by atoms with Gasteiger partial charge in [0, 0.05) is 12.5 Å². The number of hydrogen-bond donors (Lipinski definition) is 0. The fourth-order valence-corrected chi connectivity index (χ4v) is 5.77. The van der Waals surface area contributed by atoms with Gasteiger partial charge in [0.25, 0.3) is 0 Å². The van der Waals surface area contributed by atoms with E-state index in [1.807, 2.05) is 13.0 Å². The van der Waals surface area contributed by atoms with Gasteiger partial charge in [-0.2, -0.15) is 4.31 Å². The molecule has 0 saturated heterocycles. The fourth-order valence-electron chi connectivity index (χ4n) is 4.33. The van der Waals surface area contributed by atoms with Crippen molar-refractivity contribution < 1.29 is 17.9 Å². The maximum absolute atomic E-state index is 13.4. The fraction of sp³-hybridized carbons (Fsp3) is 0.320. The lowest BCUT2D eigenvalue weighted by atomic mass is 9.80. The topological polar surface area (TPSA) is 63.7 Å². The average Bonchev–Trinajstić information content (AvgIpc) is 2.79. The number of rotatable bonds is 5. The van der Waals surface area contributed by atoms with Gasteiger partial charge in [-0.25, -0.2) is 13.2 Å². The number of ether oxygens (including phenoxy) is 1. The monoisotopic (exact) mass is 437 g/mol. The van der Waals surface area contributed by atoms with Crippen LogP contribution in [0.15, 0.2) is 82.5 Å². The molecule has 2 aromatic rings. The van der Waals surface area contributed by atoms with Gasteiger partial charge in [-0.05, 0) is 61.6 Å². The van der Waals surface area contributed by atoms with Crippen molar-refractivity contribution in [1.29, 1.82) is 0 Å². The minimum atomic E-state index is -3.70. The Morgan fingerprint density at radius 1 is 1.10 bits per heavy atom. The van der Waals surface area contributed by atoms with E-state index >= 15 is 0 Å². The van der Waals surface area contributed by atoms with Gasteiger partial charge in [-0.1, -0.05) is 48.9 Å². The molecule has 2 aromatic carbocycles. The Labute approximate surface area is 184 Å². The number of hydrogen-bond acceptors (Lipinski definition) is 4.